The van der Waals surface area contributed by atoms with E-state index in [1.807, 2.05) is 48.5 Å². The van der Waals surface area contributed by atoms with E-state index < -0.39 is 0 Å². The van der Waals surface area contributed by atoms with Gasteiger partial charge in [0.1, 0.15) is 5.75 Å². The maximum Gasteiger partial charge on any atom is 0.258 e. The number of carbonyl (C=O) groups is 2. The predicted molar refractivity (Wildman–Crippen MR) is 114 cm³/mol. The Morgan fingerprint density at radius 3 is 2.52 bits per heavy atom. The first-order valence-electron chi connectivity index (χ1n) is 9.61. The van der Waals surface area contributed by atoms with Crippen LogP contribution in [0.15, 0.2) is 72.8 Å². The Morgan fingerprint density at radius 2 is 1.72 bits per heavy atom. The second-order valence-electron chi connectivity index (χ2n) is 6.96. The van der Waals surface area contributed by atoms with E-state index >= 15 is 0 Å². The Kier molecular flexibility index (Phi) is 5.29. The van der Waals surface area contributed by atoms with E-state index in [4.69, 9.17) is 4.74 Å². The van der Waals surface area contributed by atoms with Crippen LogP contribution in [-0.4, -0.2) is 25.5 Å². The number of amides is 2. The minimum Gasteiger partial charge on any atom is -0.497 e. The van der Waals surface area contributed by atoms with Gasteiger partial charge in [-0.3, -0.25) is 9.59 Å². The number of fused-ring (bicyclic) bond motifs is 1. The maximum absolute atomic E-state index is 13.0. The molecule has 0 bridgehead atoms. The number of ether oxygens (including phenoxy) is 1. The molecule has 4 rings (SSSR count). The number of anilines is 2. The summed E-state index contributed by atoms with van der Waals surface area (Å²) in [7, 11) is 1.57. The Bertz CT molecular complexity index is 1050. The lowest BCUT2D eigenvalue weighted by atomic mass is 10.00. The van der Waals surface area contributed by atoms with Crippen LogP contribution in [0.1, 0.15) is 32.7 Å². The summed E-state index contributed by atoms with van der Waals surface area (Å²) >= 11 is 0. The van der Waals surface area contributed by atoms with Gasteiger partial charge in [0, 0.05) is 29.0 Å². The highest BCUT2D eigenvalue weighted by molar-refractivity contribution is 6.08. The molecule has 0 saturated heterocycles. The standard InChI is InChI=1S/C24H22N2O3/c1-29-21-11-5-9-19(15-21)23(27)25-20-13-12-17-10-6-14-26(22(17)16-20)24(28)18-7-3-2-4-8-18/h2-5,7-9,11-13,15-16H,6,10,14H2,1H3,(H,25,27). The Balaban J connectivity index is 1.60. The lowest BCUT2D eigenvalue weighted by molar-refractivity contribution is 0.0984. The van der Waals surface area contributed by atoms with Gasteiger partial charge in [-0.25, -0.2) is 0 Å². The third-order valence-corrected chi connectivity index (χ3v) is 5.06. The second kappa shape index (κ2) is 8.19. The molecule has 5 heteroatoms. The molecule has 0 unspecified atom stereocenters. The summed E-state index contributed by atoms with van der Waals surface area (Å²) in [6.07, 6.45) is 1.83. The van der Waals surface area contributed by atoms with Gasteiger partial charge in [-0.15, -0.1) is 0 Å². The summed E-state index contributed by atoms with van der Waals surface area (Å²) < 4.78 is 5.19. The van der Waals surface area contributed by atoms with Gasteiger partial charge in [0.2, 0.25) is 0 Å². The zero-order valence-electron chi connectivity index (χ0n) is 16.2. The fourth-order valence-corrected chi connectivity index (χ4v) is 3.57. The van der Waals surface area contributed by atoms with Crippen LogP contribution < -0.4 is 15.0 Å². The summed E-state index contributed by atoms with van der Waals surface area (Å²) in [6, 6.07) is 22.0. The average molecular weight is 386 g/mol. The number of hydrogen-bond donors (Lipinski definition) is 1. The second-order valence-corrected chi connectivity index (χ2v) is 6.96. The fraction of sp³-hybridized carbons (Fsp3) is 0.167. The van der Waals surface area contributed by atoms with E-state index in [2.05, 4.69) is 5.32 Å². The van der Waals surface area contributed by atoms with Gasteiger partial charge in [-0.2, -0.15) is 0 Å². The van der Waals surface area contributed by atoms with Gasteiger partial charge in [0.15, 0.2) is 0 Å². The van der Waals surface area contributed by atoms with Crippen LogP contribution in [0.25, 0.3) is 0 Å². The number of aryl methyl sites for hydroxylation is 1. The maximum atomic E-state index is 13.0. The molecule has 0 aromatic heterocycles. The molecule has 0 aliphatic carbocycles. The van der Waals surface area contributed by atoms with Crippen LogP contribution in [0, 0.1) is 0 Å². The highest BCUT2D eigenvalue weighted by Crippen LogP contribution is 2.31. The minimum atomic E-state index is -0.222. The van der Waals surface area contributed by atoms with Gasteiger partial charge in [0.25, 0.3) is 11.8 Å². The normalized spacial score (nSPS) is 12.8. The van der Waals surface area contributed by atoms with Crippen molar-refractivity contribution in [2.45, 2.75) is 12.8 Å². The van der Waals surface area contributed by atoms with Crippen LogP contribution in [0.5, 0.6) is 5.75 Å². The van der Waals surface area contributed by atoms with E-state index in [1.165, 1.54) is 0 Å². The first-order valence-corrected chi connectivity index (χ1v) is 9.61. The van der Waals surface area contributed by atoms with E-state index in [0.29, 0.717) is 29.1 Å². The van der Waals surface area contributed by atoms with Gasteiger partial charge in [0.05, 0.1) is 7.11 Å². The van der Waals surface area contributed by atoms with Gasteiger partial charge < -0.3 is 15.0 Å². The zero-order valence-corrected chi connectivity index (χ0v) is 16.2. The number of hydrogen-bond acceptors (Lipinski definition) is 3. The van der Waals surface area contributed by atoms with Crippen molar-refractivity contribution in [1.29, 1.82) is 0 Å². The average Bonchev–Trinajstić information content (AvgIpc) is 2.78. The molecule has 1 aliphatic heterocycles. The molecule has 2 amide bonds. The van der Waals surface area contributed by atoms with Crippen molar-refractivity contribution >= 4 is 23.2 Å². The zero-order chi connectivity index (χ0) is 20.2. The Hall–Kier alpha value is -3.60. The molecule has 0 radical (unpaired) electrons. The van der Waals surface area contributed by atoms with E-state index in [-0.39, 0.29) is 11.8 Å². The van der Waals surface area contributed by atoms with Crippen LogP contribution in [0.3, 0.4) is 0 Å². The number of nitrogens with zero attached hydrogens (tertiary/aromatic N) is 1. The van der Waals surface area contributed by atoms with E-state index in [1.54, 1.807) is 36.3 Å². The highest BCUT2D eigenvalue weighted by atomic mass is 16.5. The van der Waals surface area contributed by atoms with Crippen molar-refractivity contribution < 1.29 is 14.3 Å². The molecular weight excluding hydrogens is 364 g/mol. The van der Waals surface area contributed by atoms with Crippen molar-refractivity contribution in [2.75, 3.05) is 23.9 Å². The molecule has 29 heavy (non-hydrogen) atoms. The molecule has 3 aromatic carbocycles. The predicted octanol–water partition coefficient (Wildman–Crippen LogP) is 4.54. The summed E-state index contributed by atoms with van der Waals surface area (Å²) in [4.78, 5) is 27.5. The topological polar surface area (TPSA) is 58.6 Å². The molecule has 1 aliphatic rings. The van der Waals surface area contributed by atoms with Gasteiger partial charge >= 0.3 is 0 Å². The highest BCUT2D eigenvalue weighted by Gasteiger charge is 2.24. The molecule has 5 nitrogen and oxygen atoms in total. The third kappa shape index (κ3) is 3.99. The number of methoxy groups -OCH3 is 1. The fourth-order valence-electron chi connectivity index (χ4n) is 3.57. The molecule has 0 spiro atoms. The van der Waals surface area contributed by atoms with E-state index in [0.717, 1.165) is 24.1 Å². The smallest absolute Gasteiger partial charge is 0.258 e. The van der Waals surface area contributed by atoms with Crippen LogP contribution in [0.2, 0.25) is 0 Å². The van der Waals surface area contributed by atoms with Crippen molar-refractivity contribution in [3.63, 3.8) is 0 Å². The quantitative estimate of drug-likeness (QED) is 0.716. The first kappa shape index (κ1) is 18.7. The van der Waals surface area contributed by atoms with Gasteiger partial charge in [-0.05, 0) is 60.9 Å². The summed E-state index contributed by atoms with van der Waals surface area (Å²) in [5, 5.41) is 2.93. The van der Waals surface area contributed by atoms with Crippen molar-refractivity contribution in [3.05, 3.63) is 89.5 Å². The molecule has 0 saturated carbocycles. The largest absolute Gasteiger partial charge is 0.497 e. The van der Waals surface area contributed by atoms with E-state index in [9.17, 15) is 9.59 Å². The number of benzene rings is 3. The summed E-state index contributed by atoms with van der Waals surface area (Å²) in [5.41, 5.74) is 3.79. The van der Waals surface area contributed by atoms with Gasteiger partial charge in [-0.1, -0.05) is 30.3 Å². The Labute approximate surface area is 169 Å². The SMILES string of the molecule is COc1cccc(C(=O)Nc2ccc3c(c2)N(C(=O)c2ccccc2)CCC3)c1. The van der Waals surface area contributed by atoms with Crippen LogP contribution >= 0.6 is 0 Å². The molecule has 1 heterocycles. The third-order valence-electron chi connectivity index (χ3n) is 5.06. The van der Waals surface area contributed by atoms with Crippen LogP contribution in [-0.2, 0) is 6.42 Å². The summed E-state index contributed by atoms with van der Waals surface area (Å²) in [6.45, 7) is 0.661. The molecule has 3 aromatic rings. The van der Waals surface area contributed by atoms with Crippen molar-refractivity contribution in [2.24, 2.45) is 0 Å². The molecule has 0 fully saturated rings. The molecule has 1 N–H and O–H groups in total. The number of carbonyl (C=O) groups excluding carboxylic acids is 2. The lowest BCUT2D eigenvalue weighted by Gasteiger charge is -2.30. The molecule has 0 atom stereocenters. The first-order chi connectivity index (χ1) is 14.2. The van der Waals surface area contributed by atoms with Crippen molar-refractivity contribution in [1.82, 2.24) is 0 Å². The molecule has 146 valence electrons. The Morgan fingerprint density at radius 1 is 0.931 bits per heavy atom. The molecular formula is C24H22N2O3. The number of rotatable bonds is 4. The number of nitrogens with one attached hydrogen (secondary N) is 1. The van der Waals surface area contributed by atoms with Crippen molar-refractivity contribution in [3.8, 4) is 5.75 Å². The van der Waals surface area contributed by atoms with Crippen LogP contribution in [0.4, 0.5) is 11.4 Å². The summed E-state index contributed by atoms with van der Waals surface area (Å²) in [5.74, 6) is 0.381. The minimum absolute atomic E-state index is 0.0252. The monoisotopic (exact) mass is 386 g/mol. The lowest BCUT2D eigenvalue weighted by Crippen LogP contribution is -2.35.